The first-order chi connectivity index (χ1) is 16.3. The first kappa shape index (κ1) is 18.1. The number of hydrogen-bond acceptors (Lipinski definition) is 3. The number of aryl methyl sites for hydroxylation is 1. The number of rotatable bonds is 2. The Morgan fingerprint density at radius 1 is 0.697 bits per heavy atom. The molecule has 5 heteroatoms. The molecule has 0 amide bonds. The molecule has 0 aliphatic heterocycles. The van der Waals surface area contributed by atoms with E-state index in [2.05, 4.69) is 84.1 Å². The zero-order chi connectivity index (χ0) is 21.9. The van der Waals surface area contributed by atoms with E-state index in [1.807, 2.05) is 22.9 Å². The molecule has 33 heavy (non-hydrogen) atoms. The molecule has 3 heterocycles. The summed E-state index contributed by atoms with van der Waals surface area (Å²) in [6.45, 7) is 2.09. The molecule has 0 saturated carbocycles. The minimum Gasteiger partial charge on any atom is -0.292 e. The molecular weight excluding hydrogens is 406 g/mol. The Morgan fingerprint density at radius 2 is 1.45 bits per heavy atom. The first-order valence-electron chi connectivity index (χ1n) is 11.0. The zero-order valence-electron chi connectivity index (χ0n) is 18.0. The number of aromatic nitrogens is 5. The monoisotopic (exact) mass is 425 g/mol. The van der Waals surface area contributed by atoms with Gasteiger partial charge in [0.05, 0.1) is 22.2 Å². The summed E-state index contributed by atoms with van der Waals surface area (Å²) in [6.07, 6.45) is 1.79. The molecule has 0 saturated heterocycles. The van der Waals surface area contributed by atoms with E-state index in [0.717, 1.165) is 55.2 Å². The number of hydrogen-bond donors (Lipinski definition) is 0. The fraction of sp³-hybridized carbons (Fsp3) is 0.0357. The van der Waals surface area contributed by atoms with Crippen LogP contribution in [0.25, 0.3) is 55.4 Å². The summed E-state index contributed by atoms with van der Waals surface area (Å²) in [7, 11) is 0. The smallest absolute Gasteiger partial charge is 0.182 e. The molecule has 0 aliphatic rings. The third kappa shape index (κ3) is 2.56. The SMILES string of the molecule is Cc1ccccc1-n1cnc(-c2cccc3c2c2ccccc2n2c4ccccc4nc32)n1. The molecule has 0 spiro atoms. The van der Waals surface area contributed by atoms with Gasteiger partial charge in [0.25, 0.3) is 0 Å². The van der Waals surface area contributed by atoms with Crippen LogP contribution in [0, 0.1) is 6.92 Å². The quantitative estimate of drug-likeness (QED) is 0.303. The van der Waals surface area contributed by atoms with Crippen molar-refractivity contribution in [3.05, 3.63) is 103 Å². The van der Waals surface area contributed by atoms with Crippen molar-refractivity contribution in [1.82, 2.24) is 24.1 Å². The second-order valence-electron chi connectivity index (χ2n) is 8.30. The summed E-state index contributed by atoms with van der Waals surface area (Å²) >= 11 is 0. The van der Waals surface area contributed by atoms with Gasteiger partial charge < -0.3 is 0 Å². The summed E-state index contributed by atoms with van der Waals surface area (Å²) < 4.78 is 4.12. The van der Waals surface area contributed by atoms with E-state index in [4.69, 9.17) is 15.1 Å². The van der Waals surface area contributed by atoms with Gasteiger partial charge in [0.15, 0.2) is 5.82 Å². The number of pyridine rings is 1. The molecule has 4 aromatic carbocycles. The average molecular weight is 425 g/mol. The van der Waals surface area contributed by atoms with E-state index in [0.29, 0.717) is 5.82 Å². The van der Waals surface area contributed by atoms with Gasteiger partial charge in [-0.05, 0) is 36.8 Å². The highest BCUT2D eigenvalue weighted by molar-refractivity contribution is 6.18. The Bertz CT molecular complexity index is 1840. The highest BCUT2D eigenvalue weighted by atomic mass is 15.3. The van der Waals surface area contributed by atoms with Gasteiger partial charge in [0.2, 0.25) is 0 Å². The third-order valence-electron chi connectivity index (χ3n) is 6.38. The highest BCUT2D eigenvalue weighted by Crippen LogP contribution is 2.37. The van der Waals surface area contributed by atoms with Crippen LogP contribution in [0.1, 0.15) is 5.56 Å². The van der Waals surface area contributed by atoms with Crippen molar-refractivity contribution in [2.45, 2.75) is 6.92 Å². The largest absolute Gasteiger partial charge is 0.292 e. The predicted octanol–water partition coefficient (Wildman–Crippen LogP) is 6.35. The van der Waals surface area contributed by atoms with Crippen LogP contribution in [0.15, 0.2) is 97.3 Å². The van der Waals surface area contributed by atoms with Gasteiger partial charge in [-0.15, -0.1) is 5.10 Å². The second-order valence-corrected chi connectivity index (χ2v) is 8.30. The van der Waals surface area contributed by atoms with Crippen LogP contribution in [0.5, 0.6) is 0 Å². The Morgan fingerprint density at radius 3 is 2.36 bits per heavy atom. The lowest BCUT2D eigenvalue weighted by Crippen LogP contribution is -1.98. The number of para-hydroxylation sites is 4. The molecule has 0 bridgehead atoms. The molecule has 0 unspecified atom stereocenters. The molecule has 0 N–H and O–H groups in total. The van der Waals surface area contributed by atoms with Crippen molar-refractivity contribution in [2.24, 2.45) is 0 Å². The van der Waals surface area contributed by atoms with Crippen molar-refractivity contribution in [2.75, 3.05) is 0 Å². The predicted molar refractivity (Wildman–Crippen MR) is 133 cm³/mol. The molecule has 0 atom stereocenters. The van der Waals surface area contributed by atoms with Crippen molar-refractivity contribution >= 4 is 38.4 Å². The van der Waals surface area contributed by atoms with E-state index in [-0.39, 0.29) is 0 Å². The van der Waals surface area contributed by atoms with E-state index < -0.39 is 0 Å². The third-order valence-corrected chi connectivity index (χ3v) is 6.38. The second kappa shape index (κ2) is 6.74. The zero-order valence-corrected chi connectivity index (χ0v) is 18.0. The number of nitrogens with zero attached hydrogens (tertiary/aromatic N) is 5. The van der Waals surface area contributed by atoms with Crippen LogP contribution in [-0.4, -0.2) is 24.1 Å². The molecule has 5 nitrogen and oxygen atoms in total. The van der Waals surface area contributed by atoms with Gasteiger partial charge >= 0.3 is 0 Å². The molecule has 3 aromatic heterocycles. The van der Waals surface area contributed by atoms with Crippen LogP contribution in [0.2, 0.25) is 0 Å². The fourth-order valence-electron chi connectivity index (χ4n) is 4.87. The molecular formula is C28H19N5. The standard InChI is InChI=1S/C28H19N5/c1-18-9-2-5-14-23(18)32-17-29-27(31-32)20-11-8-12-21-26(20)19-10-3-6-15-24(19)33-25-16-7-4-13-22(25)30-28(21)33/h2-17H,1H3. The Balaban J connectivity index is 1.59. The normalized spacial score (nSPS) is 11.8. The first-order valence-corrected chi connectivity index (χ1v) is 11.0. The van der Waals surface area contributed by atoms with Gasteiger partial charge in [0, 0.05) is 21.7 Å². The van der Waals surface area contributed by atoms with E-state index >= 15 is 0 Å². The lowest BCUT2D eigenvalue weighted by Gasteiger charge is -2.11. The topological polar surface area (TPSA) is 48.0 Å². The summed E-state index contributed by atoms with van der Waals surface area (Å²) in [5.74, 6) is 0.703. The summed E-state index contributed by atoms with van der Waals surface area (Å²) in [4.78, 5) is 9.72. The van der Waals surface area contributed by atoms with Crippen LogP contribution in [-0.2, 0) is 0 Å². The Labute approximate surface area is 189 Å². The van der Waals surface area contributed by atoms with E-state index in [9.17, 15) is 0 Å². The Hall–Kier alpha value is -4.51. The minimum atomic E-state index is 0.703. The van der Waals surface area contributed by atoms with Crippen molar-refractivity contribution < 1.29 is 0 Å². The maximum absolute atomic E-state index is 5.01. The van der Waals surface area contributed by atoms with Crippen molar-refractivity contribution in [3.8, 4) is 17.1 Å². The number of fused-ring (bicyclic) bond motifs is 8. The lowest BCUT2D eigenvalue weighted by molar-refractivity contribution is 0.874. The van der Waals surface area contributed by atoms with Gasteiger partial charge in [-0.25, -0.2) is 14.6 Å². The fourth-order valence-corrected chi connectivity index (χ4v) is 4.87. The molecule has 156 valence electrons. The number of benzene rings is 4. The summed E-state index contributed by atoms with van der Waals surface area (Å²) in [5, 5.41) is 8.24. The van der Waals surface area contributed by atoms with Crippen molar-refractivity contribution in [1.29, 1.82) is 0 Å². The van der Waals surface area contributed by atoms with Crippen LogP contribution in [0.4, 0.5) is 0 Å². The summed E-state index contributed by atoms with van der Waals surface area (Å²) in [5.41, 5.74) is 7.36. The van der Waals surface area contributed by atoms with Crippen LogP contribution in [0.3, 0.4) is 0 Å². The molecule has 7 rings (SSSR count). The van der Waals surface area contributed by atoms with Crippen LogP contribution < -0.4 is 0 Å². The summed E-state index contributed by atoms with van der Waals surface area (Å²) in [6, 6.07) is 31.3. The Kier molecular flexibility index (Phi) is 3.70. The molecule has 0 fully saturated rings. The average Bonchev–Trinajstić information content (AvgIpc) is 3.50. The lowest BCUT2D eigenvalue weighted by atomic mass is 10.00. The highest BCUT2D eigenvalue weighted by Gasteiger charge is 2.18. The van der Waals surface area contributed by atoms with E-state index in [1.54, 1.807) is 6.33 Å². The van der Waals surface area contributed by atoms with Gasteiger partial charge in [-0.3, -0.25) is 4.40 Å². The number of imidazole rings is 1. The van der Waals surface area contributed by atoms with Crippen molar-refractivity contribution in [3.63, 3.8) is 0 Å². The van der Waals surface area contributed by atoms with Gasteiger partial charge in [-0.1, -0.05) is 66.7 Å². The van der Waals surface area contributed by atoms with Gasteiger partial charge in [-0.2, -0.15) is 0 Å². The van der Waals surface area contributed by atoms with E-state index in [1.165, 1.54) is 0 Å². The van der Waals surface area contributed by atoms with Gasteiger partial charge in [0.1, 0.15) is 12.0 Å². The minimum absolute atomic E-state index is 0.703. The molecule has 0 radical (unpaired) electrons. The molecule has 0 aliphatic carbocycles. The van der Waals surface area contributed by atoms with Crippen LogP contribution >= 0.6 is 0 Å². The maximum atomic E-state index is 5.01. The molecule has 7 aromatic rings. The maximum Gasteiger partial charge on any atom is 0.182 e.